The lowest BCUT2D eigenvalue weighted by Gasteiger charge is -2.26. The summed E-state index contributed by atoms with van der Waals surface area (Å²) in [5.74, 6) is -1.27. The molecule has 32 heavy (non-hydrogen) atoms. The maximum absolute atomic E-state index is 13.4. The lowest BCUT2D eigenvalue weighted by Crippen LogP contribution is -2.30. The summed E-state index contributed by atoms with van der Waals surface area (Å²) in [5, 5.41) is 0. The highest BCUT2D eigenvalue weighted by Gasteiger charge is 2.36. The SMILES string of the molecule is CC(=O)N(C)c1ccc(NS(=O)(=O)c2ccc(C)cc2)c2c1C(=O)c1ccccc1C2=O. The van der Waals surface area contributed by atoms with Crippen LogP contribution in [0, 0.1) is 6.92 Å². The summed E-state index contributed by atoms with van der Waals surface area (Å²) in [7, 11) is -2.53. The Morgan fingerprint density at radius 2 is 1.41 bits per heavy atom. The molecule has 0 fully saturated rings. The molecule has 0 saturated carbocycles. The summed E-state index contributed by atoms with van der Waals surface area (Å²) in [6.07, 6.45) is 0. The Kier molecular flexibility index (Phi) is 5.18. The zero-order valence-electron chi connectivity index (χ0n) is 17.7. The van der Waals surface area contributed by atoms with Crippen molar-refractivity contribution in [2.75, 3.05) is 16.7 Å². The number of sulfonamides is 1. The van der Waals surface area contributed by atoms with Crippen molar-refractivity contribution < 1.29 is 22.8 Å². The number of carbonyl (C=O) groups excluding carboxylic acids is 3. The molecule has 0 atom stereocenters. The molecule has 0 heterocycles. The fourth-order valence-electron chi connectivity index (χ4n) is 3.66. The maximum Gasteiger partial charge on any atom is 0.261 e. The molecule has 3 aromatic carbocycles. The molecule has 7 nitrogen and oxygen atoms in total. The molecule has 1 N–H and O–H groups in total. The lowest BCUT2D eigenvalue weighted by molar-refractivity contribution is -0.116. The Morgan fingerprint density at radius 1 is 0.844 bits per heavy atom. The third kappa shape index (κ3) is 3.48. The monoisotopic (exact) mass is 448 g/mol. The van der Waals surface area contributed by atoms with Crippen molar-refractivity contribution in [1.82, 2.24) is 0 Å². The van der Waals surface area contributed by atoms with Crippen molar-refractivity contribution >= 4 is 38.9 Å². The van der Waals surface area contributed by atoms with Crippen LogP contribution in [0.1, 0.15) is 44.3 Å². The Morgan fingerprint density at radius 3 is 1.97 bits per heavy atom. The highest BCUT2D eigenvalue weighted by atomic mass is 32.2. The van der Waals surface area contributed by atoms with Gasteiger partial charge in [-0.05, 0) is 31.2 Å². The van der Waals surface area contributed by atoms with E-state index in [0.29, 0.717) is 0 Å². The number of nitrogens with one attached hydrogen (secondary N) is 1. The van der Waals surface area contributed by atoms with Gasteiger partial charge in [0.25, 0.3) is 10.0 Å². The average Bonchev–Trinajstić information content (AvgIpc) is 2.76. The normalized spacial score (nSPS) is 12.7. The molecule has 1 aliphatic carbocycles. The van der Waals surface area contributed by atoms with Gasteiger partial charge in [0, 0.05) is 25.1 Å². The third-order valence-corrected chi connectivity index (χ3v) is 6.84. The molecule has 0 radical (unpaired) electrons. The molecule has 0 unspecified atom stereocenters. The van der Waals surface area contributed by atoms with Gasteiger partial charge in [0.2, 0.25) is 5.91 Å². The molecule has 1 aliphatic rings. The van der Waals surface area contributed by atoms with Gasteiger partial charge in [-0.2, -0.15) is 0 Å². The molecule has 3 aromatic rings. The van der Waals surface area contributed by atoms with Crippen LogP contribution in [0.25, 0.3) is 0 Å². The van der Waals surface area contributed by atoms with Gasteiger partial charge in [-0.15, -0.1) is 0 Å². The number of amides is 1. The zero-order valence-corrected chi connectivity index (χ0v) is 18.5. The first-order valence-electron chi connectivity index (χ1n) is 9.81. The van der Waals surface area contributed by atoms with E-state index in [0.717, 1.165) is 5.56 Å². The number of hydrogen-bond donors (Lipinski definition) is 1. The van der Waals surface area contributed by atoms with E-state index in [1.807, 2.05) is 6.92 Å². The van der Waals surface area contributed by atoms with E-state index >= 15 is 0 Å². The van der Waals surface area contributed by atoms with Gasteiger partial charge in [-0.3, -0.25) is 19.1 Å². The topological polar surface area (TPSA) is 101 Å². The lowest BCUT2D eigenvalue weighted by atomic mass is 9.82. The molecular formula is C24H20N2O5S. The van der Waals surface area contributed by atoms with E-state index < -0.39 is 21.6 Å². The molecule has 0 bridgehead atoms. The van der Waals surface area contributed by atoms with Crippen molar-refractivity contribution in [2.45, 2.75) is 18.7 Å². The largest absolute Gasteiger partial charge is 0.315 e. The summed E-state index contributed by atoms with van der Waals surface area (Å²) in [6.45, 7) is 3.18. The van der Waals surface area contributed by atoms with Crippen LogP contribution in [0.3, 0.4) is 0 Å². The van der Waals surface area contributed by atoms with E-state index in [-0.39, 0.29) is 44.4 Å². The quantitative estimate of drug-likeness (QED) is 0.515. The maximum atomic E-state index is 13.4. The van der Waals surface area contributed by atoms with Crippen LogP contribution in [-0.2, 0) is 14.8 Å². The van der Waals surface area contributed by atoms with Gasteiger partial charge >= 0.3 is 0 Å². The molecule has 0 spiro atoms. The minimum atomic E-state index is -4.03. The molecule has 0 aromatic heterocycles. The van der Waals surface area contributed by atoms with E-state index in [1.54, 1.807) is 30.3 Å². The number of benzene rings is 3. The predicted molar refractivity (Wildman–Crippen MR) is 121 cm³/mol. The first kappa shape index (κ1) is 21.5. The van der Waals surface area contributed by atoms with Crippen LogP contribution >= 0.6 is 0 Å². The number of nitrogens with zero attached hydrogens (tertiary/aromatic N) is 1. The number of ketones is 2. The third-order valence-electron chi connectivity index (χ3n) is 5.46. The summed E-state index contributed by atoms with van der Waals surface area (Å²) in [4.78, 5) is 40.0. The van der Waals surface area contributed by atoms with Crippen LogP contribution in [0.15, 0.2) is 65.6 Å². The van der Waals surface area contributed by atoms with Gasteiger partial charge in [0.1, 0.15) is 0 Å². The number of carbonyl (C=O) groups is 3. The van der Waals surface area contributed by atoms with Crippen LogP contribution in [-0.4, -0.2) is 32.9 Å². The minimum Gasteiger partial charge on any atom is -0.315 e. The molecule has 1 amide bonds. The molecule has 162 valence electrons. The van der Waals surface area contributed by atoms with E-state index in [2.05, 4.69) is 4.72 Å². The summed E-state index contributed by atoms with van der Waals surface area (Å²) >= 11 is 0. The molecule has 8 heteroatoms. The molecule has 4 rings (SSSR count). The number of fused-ring (bicyclic) bond motifs is 2. The fraction of sp³-hybridized carbons (Fsp3) is 0.125. The highest BCUT2D eigenvalue weighted by Crippen LogP contribution is 2.38. The summed E-state index contributed by atoms with van der Waals surface area (Å²) < 4.78 is 28.4. The average molecular weight is 449 g/mol. The van der Waals surface area contributed by atoms with Gasteiger partial charge < -0.3 is 4.90 Å². The highest BCUT2D eigenvalue weighted by molar-refractivity contribution is 7.92. The minimum absolute atomic E-state index is 0.00416. The first-order valence-corrected chi connectivity index (χ1v) is 11.3. The van der Waals surface area contributed by atoms with Crippen LogP contribution in [0.2, 0.25) is 0 Å². The first-order chi connectivity index (χ1) is 15.1. The van der Waals surface area contributed by atoms with Gasteiger partial charge in [0.05, 0.1) is 27.4 Å². The van der Waals surface area contributed by atoms with Crippen molar-refractivity contribution in [3.8, 4) is 0 Å². The number of rotatable bonds is 4. The Labute approximate surface area is 185 Å². The van der Waals surface area contributed by atoms with Gasteiger partial charge in [-0.25, -0.2) is 8.42 Å². The molecular weight excluding hydrogens is 428 g/mol. The number of anilines is 2. The zero-order chi connectivity index (χ0) is 23.2. The summed E-state index contributed by atoms with van der Waals surface area (Å²) in [6, 6.07) is 15.5. The predicted octanol–water partition coefficient (Wildman–Crippen LogP) is 3.55. The molecule has 0 aliphatic heterocycles. The second-order valence-corrected chi connectivity index (χ2v) is 9.27. The van der Waals surface area contributed by atoms with E-state index in [4.69, 9.17) is 0 Å². The smallest absolute Gasteiger partial charge is 0.261 e. The van der Waals surface area contributed by atoms with Crippen LogP contribution in [0.4, 0.5) is 11.4 Å². The Balaban J connectivity index is 1.93. The second kappa shape index (κ2) is 7.72. The Bertz CT molecular complexity index is 1390. The van der Waals surface area contributed by atoms with E-state index in [9.17, 15) is 22.8 Å². The molecule has 0 saturated heterocycles. The second-order valence-electron chi connectivity index (χ2n) is 7.58. The van der Waals surface area contributed by atoms with Crippen molar-refractivity contribution in [1.29, 1.82) is 0 Å². The van der Waals surface area contributed by atoms with Crippen LogP contribution < -0.4 is 9.62 Å². The number of aryl methyl sites for hydroxylation is 1. The van der Waals surface area contributed by atoms with Gasteiger partial charge in [-0.1, -0.05) is 42.0 Å². The van der Waals surface area contributed by atoms with Gasteiger partial charge in [0.15, 0.2) is 11.6 Å². The standard InChI is InChI=1S/C24H20N2O5S/c1-14-8-10-16(11-9-14)32(30,31)25-19-12-13-20(26(3)15(2)27)22-21(19)23(28)17-6-4-5-7-18(17)24(22)29/h4-13,25H,1-3H3. The van der Waals surface area contributed by atoms with Crippen LogP contribution in [0.5, 0.6) is 0 Å². The van der Waals surface area contributed by atoms with Crippen molar-refractivity contribution in [2.24, 2.45) is 0 Å². The van der Waals surface area contributed by atoms with Crippen molar-refractivity contribution in [3.05, 3.63) is 88.5 Å². The Hall–Kier alpha value is -3.78. The summed E-state index contributed by atoms with van der Waals surface area (Å²) in [5.41, 5.74) is 1.43. The van der Waals surface area contributed by atoms with E-state index in [1.165, 1.54) is 49.2 Å². The fourth-order valence-corrected chi connectivity index (χ4v) is 4.73. The van der Waals surface area contributed by atoms with Crippen molar-refractivity contribution in [3.63, 3.8) is 0 Å². The number of hydrogen-bond acceptors (Lipinski definition) is 5.